The van der Waals surface area contributed by atoms with Gasteiger partial charge in [-0.25, -0.2) is 0 Å². The number of hydrogen-bond donors (Lipinski definition) is 1. The summed E-state index contributed by atoms with van der Waals surface area (Å²) in [5, 5.41) is 12.1. The molecular formula is C22H19N3O3S. The monoisotopic (exact) mass is 405 g/mol. The van der Waals surface area contributed by atoms with E-state index in [9.17, 15) is 4.79 Å². The molecule has 4 aromatic rings. The summed E-state index contributed by atoms with van der Waals surface area (Å²) < 4.78 is 10.8. The van der Waals surface area contributed by atoms with Gasteiger partial charge in [-0.3, -0.25) is 4.79 Å². The molecule has 0 radical (unpaired) electrons. The normalized spacial score (nSPS) is 10.8. The number of aryl methyl sites for hydroxylation is 1. The third-order valence-electron chi connectivity index (χ3n) is 4.24. The number of nitrogens with one attached hydrogen (secondary N) is 1. The van der Waals surface area contributed by atoms with E-state index < -0.39 is 0 Å². The van der Waals surface area contributed by atoms with Crippen LogP contribution in [0.25, 0.3) is 11.3 Å². The summed E-state index contributed by atoms with van der Waals surface area (Å²) in [5.41, 5.74) is 3.08. The minimum absolute atomic E-state index is 0.271. The molecule has 1 amide bonds. The van der Waals surface area contributed by atoms with Gasteiger partial charge in [-0.2, -0.15) is 0 Å². The van der Waals surface area contributed by atoms with E-state index in [0.29, 0.717) is 23.8 Å². The van der Waals surface area contributed by atoms with Gasteiger partial charge in [0.1, 0.15) is 16.5 Å². The van der Waals surface area contributed by atoms with Crippen molar-refractivity contribution in [3.63, 3.8) is 0 Å². The fraction of sp³-hybridized carbons (Fsp3) is 0.136. The minimum atomic E-state index is -0.278. The lowest BCUT2D eigenvalue weighted by atomic mass is 10.1. The predicted octanol–water partition coefficient (Wildman–Crippen LogP) is 4.86. The number of rotatable bonds is 7. The van der Waals surface area contributed by atoms with Crippen molar-refractivity contribution < 1.29 is 13.6 Å². The zero-order valence-corrected chi connectivity index (χ0v) is 16.6. The molecule has 0 aliphatic carbocycles. The summed E-state index contributed by atoms with van der Waals surface area (Å²) in [5.74, 6) is 1.94. The molecule has 6 nitrogen and oxygen atoms in total. The summed E-state index contributed by atoms with van der Waals surface area (Å²) in [6.45, 7) is 2.37. The van der Waals surface area contributed by atoms with Crippen LogP contribution in [-0.2, 0) is 12.3 Å². The number of furan rings is 2. The number of carbonyl (C=O) groups excluding carboxylic acids is 1. The Labute approximate surface area is 172 Å². The quantitative estimate of drug-likeness (QED) is 0.442. The Kier molecular flexibility index (Phi) is 5.76. The van der Waals surface area contributed by atoms with Crippen molar-refractivity contribution in [3.05, 3.63) is 89.8 Å². The van der Waals surface area contributed by atoms with Gasteiger partial charge in [0.25, 0.3) is 5.91 Å². The Morgan fingerprint density at radius 1 is 1.00 bits per heavy atom. The molecule has 0 aliphatic heterocycles. The molecule has 0 aliphatic rings. The van der Waals surface area contributed by atoms with Crippen LogP contribution in [0.15, 0.2) is 80.8 Å². The lowest BCUT2D eigenvalue weighted by Gasteiger charge is -2.03. The van der Waals surface area contributed by atoms with Crippen LogP contribution in [0.4, 0.5) is 0 Å². The van der Waals surface area contributed by atoms with Crippen molar-refractivity contribution in [2.45, 2.75) is 24.2 Å². The van der Waals surface area contributed by atoms with Gasteiger partial charge in [0.2, 0.25) is 0 Å². The van der Waals surface area contributed by atoms with Crippen LogP contribution >= 0.6 is 11.8 Å². The van der Waals surface area contributed by atoms with Crippen LogP contribution in [-0.4, -0.2) is 16.1 Å². The van der Waals surface area contributed by atoms with Crippen molar-refractivity contribution in [1.82, 2.24) is 15.5 Å². The first-order valence-corrected chi connectivity index (χ1v) is 10.1. The van der Waals surface area contributed by atoms with Gasteiger partial charge < -0.3 is 14.2 Å². The van der Waals surface area contributed by atoms with Gasteiger partial charge in [-0.05, 0) is 43.3 Å². The van der Waals surface area contributed by atoms with Crippen LogP contribution in [0.3, 0.4) is 0 Å². The van der Waals surface area contributed by atoms with Crippen molar-refractivity contribution >= 4 is 17.7 Å². The molecule has 0 saturated heterocycles. The fourth-order valence-electron chi connectivity index (χ4n) is 2.67. The standard InChI is InChI=1S/C22H19N3O3S/c1-15-4-6-16(7-5-15)19-9-11-21(25-24-19)29-14-18-8-10-20(28-18)22(26)23-13-17-3-2-12-27-17/h2-12H,13-14H2,1H3,(H,23,26). The second-order valence-electron chi connectivity index (χ2n) is 6.44. The number of amides is 1. The van der Waals surface area contributed by atoms with E-state index in [2.05, 4.69) is 34.6 Å². The largest absolute Gasteiger partial charge is 0.467 e. The zero-order valence-electron chi connectivity index (χ0n) is 15.8. The summed E-state index contributed by atoms with van der Waals surface area (Å²) >= 11 is 1.50. The van der Waals surface area contributed by atoms with Gasteiger partial charge in [0, 0.05) is 5.56 Å². The van der Waals surface area contributed by atoms with Crippen LogP contribution in [0.5, 0.6) is 0 Å². The van der Waals surface area contributed by atoms with E-state index in [1.165, 1.54) is 17.3 Å². The molecule has 3 heterocycles. The zero-order chi connectivity index (χ0) is 20.1. The molecule has 0 fully saturated rings. The third kappa shape index (κ3) is 4.94. The molecule has 1 N–H and O–H groups in total. The second kappa shape index (κ2) is 8.79. The van der Waals surface area contributed by atoms with Crippen molar-refractivity contribution in [3.8, 4) is 11.3 Å². The third-order valence-corrected chi connectivity index (χ3v) is 5.18. The molecule has 7 heteroatoms. The summed E-state index contributed by atoms with van der Waals surface area (Å²) in [6.07, 6.45) is 1.57. The molecule has 3 aromatic heterocycles. The highest BCUT2D eigenvalue weighted by Crippen LogP contribution is 2.24. The number of hydrogen-bond acceptors (Lipinski definition) is 6. The Morgan fingerprint density at radius 3 is 2.59 bits per heavy atom. The van der Waals surface area contributed by atoms with Gasteiger partial charge >= 0.3 is 0 Å². The molecule has 0 bridgehead atoms. The molecule has 29 heavy (non-hydrogen) atoms. The summed E-state index contributed by atoms with van der Waals surface area (Å²) in [7, 11) is 0. The molecule has 0 unspecified atom stereocenters. The average molecular weight is 405 g/mol. The topological polar surface area (TPSA) is 81.2 Å². The lowest BCUT2D eigenvalue weighted by Crippen LogP contribution is -2.21. The number of aromatic nitrogens is 2. The van der Waals surface area contributed by atoms with Crippen molar-refractivity contribution in [2.75, 3.05) is 0 Å². The van der Waals surface area contributed by atoms with E-state index in [1.54, 1.807) is 30.5 Å². The first-order valence-electron chi connectivity index (χ1n) is 9.10. The maximum atomic E-state index is 12.1. The Morgan fingerprint density at radius 2 is 1.86 bits per heavy atom. The van der Waals surface area contributed by atoms with Gasteiger partial charge in [-0.15, -0.1) is 10.2 Å². The predicted molar refractivity (Wildman–Crippen MR) is 110 cm³/mol. The number of nitrogens with zero attached hydrogens (tertiary/aromatic N) is 2. The van der Waals surface area contributed by atoms with Crippen molar-refractivity contribution in [2.24, 2.45) is 0 Å². The van der Waals surface area contributed by atoms with Crippen LogP contribution in [0.1, 0.15) is 27.6 Å². The first-order chi connectivity index (χ1) is 14.2. The van der Waals surface area contributed by atoms with E-state index in [0.717, 1.165) is 16.3 Å². The van der Waals surface area contributed by atoms with E-state index >= 15 is 0 Å². The first kappa shape index (κ1) is 19.0. The molecular weight excluding hydrogens is 386 g/mol. The van der Waals surface area contributed by atoms with E-state index in [1.807, 2.05) is 24.3 Å². The molecule has 0 atom stereocenters. The number of benzene rings is 1. The SMILES string of the molecule is Cc1ccc(-c2ccc(SCc3ccc(C(=O)NCc4ccco4)o3)nn2)cc1. The van der Waals surface area contributed by atoms with Gasteiger partial charge in [-0.1, -0.05) is 41.6 Å². The summed E-state index contributed by atoms with van der Waals surface area (Å²) in [4.78, 5) is 12.1. The van der Waals surface area contributed by atoms with E-state index in [-0.39, 0.29) is 11.7 Å². The highest BCUT2D eigenvalue weighted by molar-refractivity contribution is 7.98. The molecule has 146 valence electrons. The average Bonchev–Trinajstić information content (AvgIpc) is 3.44. The van der Waals surface area contributed by atoms with E-state index in [4.69, 9.17) is 8.83 Å². The fourth-order valence-corrected chi connectivity index (χ4v) is 3.37. The molecule has 0 saturated carbocycles. The summed E-state index contributed by atoms with van der Waals surface area (Å²) in [6, 6.07) is 19.1. The highest BCUT2D eigenvalue weighted by atomic mass is 32.2. The number of thioether (sulfide) groups is 1. The maximum Gasteiger partial charge on any atom is 0.287 e. The molecule has 1 aromatic carbocycles. The lowest BCUT2D eigenvalue weighted by molar-refractivity contribution is 0.0919. The van der Waals surface area contributed by atoms with Crippen LogP contribution < -0.4 is 5.32 Å². The number of carbonyl (C=O) groups is 1. The molecule has 4 rings (SSSR count). The minimum Gasteiger partial charge on any atom is -0.467 e. The smallest absolute Gasteiger partial charge is 0.287 e. The van der Waals surface area contributed by atoms with Crippen molar-refractivity contribution in [1.29, 1.82) is 0 Å². The van der Waals surface area contributed by atoms with Crippen LogP contribution in [0.2, 0.25) is 0 Å². The molecule has 0 spiro atoms. The van der Waals surface area contributed by atoms with Gasteiger partial charge in [0.05, 0.1) is 24.3 Å². The van der Waals surface area contributed by atoms with Gasteiger partial charge in [0.15, 0.2) is 5.76 Å². The maximum absolute atomic E-state index is 12.1. The second-order valence-corrected chi connectivity index (χ2v) is 7.44. The Bertz CT molecular complexity index is 1070. The highest BCUT2D eigenvalue weighted by Gasteiger charge is 2.12. The Balaban J connectivity index is 1.31. The Hall–Kier alpha value is -3.32. The van der Waals surface area contributed by atoms with Crippen LogP contribution in [0, 0.1) is 6.92 Å².